The molecule has 1 fully saturated rings. The third kappa shape index (κ3) is 2.70. The number of thioether (sulfide) groups is 1. The molecule has 110 valence electrons. The average Bonchev–Trinajstić information content (AvgIpc) is 3.04. The van der Waals surface area contributed by atoms with Crippen molar-refractivity contribution in [3.8, 4) is 0 Å². The molecule has 1 aromatic heterocycles. The van der Waals surface area contributed by atoms with Crippen molar-refractivity contribution in [1.82, 2.24) is 5.32 Å². The third-order valence-electron chi connectivity index (χ3n) is 3.61. The Kier molecular flexibility index (Phi) is 4.42. The molecule has 0 bridgehead atoms. The van der Waals surface area contributed by atoms with Crippen LogP contribution in [0.5, 0.6) is 0 Å². The van der Waals surface area contributed by atoms with E-state index in [4.69, 9.17) is 4.42 Å². The summed E-state index contributed by atoms with van der Waals surface area (Å²) in [6, 6.07) is 1.71. The molecule has 20 heavy (non-hydrogen) atoms. The highest BCUT2D eigenvalue weighted by Crippen LogP contribution is 2.29. The molecule has 2 N–H and O–H groups in total. The van der Waals surface area contributed by atoms with E-state index in [1.165, 1.54) is 11.8 Å². The maximum atomic E-state index is 12.2. The highest BCUT2D eigenvalue weighted by atomic mass is 32.2. The molecule has 0 saturated carbocycles. The number of nitrogens with one attached hydrogen (secondary N) is 1. The standard InChI is InChI=1S/C14H19NO4S/c1-3-9-7-11(19-10(9)4-2)12(16)15-14(13(17)18)5-6-20-8-14/h7H,3-6,8H2,1-2H3,(H,15,16)(H,17,18). The molecule has 0 spiro atoms. The first-order valence-electron chi connectivity index (χ1n) is 6.77. The molecule has 1 aliphatic heterocycles. The summed E-state index contributed by atoms with van der Waals surface area (Å²) >= 11 is 1.54. The first-order valence-corrected chi connectivity index (χ1v) is 7.93. The zero-order valence-electron chi connectivity index (χ0n) is 11.7. The highest BCUT2D eigenvalue weighted by Gasteiger charge is 2.43. The Balaban J connectivity index is 2.19. The Hall–Kier alpha value is -1.43. The van der Waals surface area contributed by atoms with E-state index in [1.54, 1.807) is 6.07 Å². The Morgan fingerprint density at radius 2 is 2.20 bits per heavy atom. The lowest BCUT2D eigenvalue weighted by Gasteiger charge is -2.23. The second kappa shape index (κ2) is 5.91. The van der Waals surface area contributed by atoms with Crippen LogP contribution >= 0.6 is 11.8 Å². The monoisotopic (exact) mass is 297 g/mol. The minimum atomic E-state index is -1.16. The number of rotatable bonds is 5. The molecule has 0 aliphatic carbocycles. The van der Waals surface area contributed by atoms with E-state index in [-0.39, 0.29) is 5.76 Å². The molecular weight excluding hydrogens is 278 g/mol. The van der Waals surface area contributed by atoms with Crippen molar-refractivity contribution in [3.63, 3.8) is 0 Å². The molecule has 6 heteroatoms. The lowest BCUT2D eigenvalue weighted by molar-refractivity contribution is -0.143. The van der Waals surface area contributed by atoms with Gasteiger partial charge in [-0.3, -0.25) is 4.79 Å². The van der Waals surface area contributed by atoms with Crippen molar-refractivity contribution in [2.45, 2.75) is 38.6 Å². The van der Waals surface area contributed by atoms with Gasteiger partial charge in [-0.15, -0.1) is 0 Å². The van der Waals surface area contributed by atoms with Gasteiger partial charge in [0.25, 0.3) is 5.91 Å². The lowest BCUT2D eigenvalue weighted by Crippen LogP contribution is -2.54. The summed E-state index contributed by atoms with van der Waals surface area (Å²) in [7, 11) is 0. The Morgan fingerprint density at radius 1 is 1.45 bits per heavy atom. The Morgan fingerprint density at radius 3 is 2.65 bits per heavy atom. The van der Waals surface area contributed by atoms with Gasteiger partial charge in [-0.1, -0.05) is 13.8 Å². The molecule has 0 aromatic carbocycles. The molecule has 0 radical (unpaired) electrons. The van der Waals surface area contributed by atoms with Crippen LogP contribution in [0.3, 0.4) is 0 Å². The summed E-state index contributed by atoms with van der Waals surface area (Å²) in [6.45, 7) is 3.96. The van der Waals surface area contributed by atoms with Gasteiger partial charge in [-0.2, -0.15) is 11.8 Å². The molecule has 5 nitrogen and oxygen atoms in total. The van der Waals surface area contributed by atoms with Crippen molar-refractivity contribution in [2.24, 2.45) is 0 Å². The summed E-state index contributed by atoms with van der Waals surface area (Å²) in [5.41, 5.74) is -0.157. The van der Waals surface area contributed by atoms with Crippen LogP contribution < -0.4 is 5.32 Å². The van der Waals surface area contributed by atoms with Crippen molar-refractivity contribution in [3.05, 3.63) is 23.2 Å². The molecule has 1 aromatic rings. The summed E-state index contributed by atoms with van der Waals surface area (Å²) in [5, 5.41) is 12.0. The summed E-state index contributed by atoms with van der Waals surface area (Å²) in [4.78, 5) is 23.6. The van der Waals surface area contributed by atoms with Gasteiger partial charge >= 0.3 is 5.97 Å². The molecular formula is C14H19NO4S. The number of furan rings is 1. The maximum Gasteiger partial charge on any atom is 0.330 e. The van der Waals surface area contributed by atoms with Crippen molar-refractivity contribution >= 4 is 23.6 Å². The van der Waals surface area contributed by atoms with Crippen LogP contribution in [0.4, 0.5) is 0 Å². The van der Waals surface area contributed by atoms with Crippen LogP contribution in [0.1, 0.15) is 42.1 Å². The normalized spacial score (nSPS) is 21.9. The second-order valence-corrected chi connectivity index (χ2v) is 6.02. The number of carboxylic acids is 1. The maximum absolute atomic E-state index is 12.2. The predicted molar refractivity (Wildman–Crippen MR) is 77.2 cm³/mol. The SMILES string of the molecule is CCc1cc(C(=O)NC2(C(=O)O)CCSC2)oc1CC. The first-order chi connectivity index (χ1) is 9.52. The van der Waals surface area contributed by atoms with Crippen LogP contribution in [-0.4, -0.2) is 34.0 Å². The Labute approximate surface area is 122 Å². The minimum Gasteiger partial charge on any atom is -0.479 e. The summed E-state index contributed by atoms with van der Waals surface area (Å²) in [5.74, 6) is 0.721. The number of hydrogen-bond donors (Lipinski definition) is 2. The minimum absolute atomic E-state index is 0.205. The van der Waals surface area contributed by atoms with Crippen LogP contribution in [0.15, 0.2) is 10.5 Å². The zero-order valence-corrected chi connectivity index (χ0v) is 12.5. The quantitative estimate of drug-likeness (QED) is 0.870. The van der Waals surface area contributed by atoms with Gasteiger partial charge in [-0.25, -0.2) is 4.79 Å². The van der Waals surface area contributed by atoms with Gasteiger partial charge in [0.2, 0.25) is 0 Å². The van der Waals surface area contributed by atoms with E-state index >= 15 is 0 Å². The van der Waals surface area contributed by atoms with Gasteiger partial charge in [0.15, 0.2) is 5.76 Å². The van der Waals surface area contributed by atoms with E-state index in [1.807, 2.05) is 13.8 Å². The van der Waals surface area contributed by atoms with E-state index in [9.17, 15) is 14.7 Å². The molecule has 2 rings (SSSR count). The lowest BCUT2D eigenvalue weighted by atomic mass is 9.99. The first kappa shape index (κ1) is 15.0. The van der Waals surface area contributed by atoms with Gasteiger partial charge in [0.1, 0.15) is 11.3 Å². The van der Waals surface area contributed by atoms with Crippen LogP contribution in [0.2, 0.25) is 0 Å². The van der Waals surface area contributed by atoms with Gasteiger partial charge in [-0.05, 0) is 30.2 Å². The highest BCUT2D eigenvalue weighted by molar-refractivity contribution is 7.99. The molecule has 1 saturated heterocycles. The molecule has 1 amide bonds. The number of carbonyl (C=O) groups excluding carboxylic acids is 1. The number of hydrogen-bond acceptors (Lipinski definition) is 4. The third-order valence-corrected chi connectivity index (χ3v) is 4.80. The van der Waals surface area contributed by atoms with E-state index in [2.05, 4.69) is 5.32 Å². The van der Waals surface area contributed by atoms with E-state index in [0.29, 0.717) is 12.2 Å². The molecule has 1 aliphatic rings. The zero-order chi connectivity index (χ0) is 14.8. The Bertz CT molecular complexity index is 496. The number of aryl methyl sites for hydroxylation is 2. The smallest absolute Gasteiger partial charge is 0.330 e. The fraction of sp³-hybridized carbons (Fsp3) is 0.571. The number of carboxylic acid groups (broad SMARTS) is 1. The van der Waals surface area contributed by atoms with Gasteiger partial charge < -0.3 is 14.8 Å². The van der Waals surface area contributed by atoms with Gasteiger partial charge in [0, 0.05) is 12.2 Å². The van der Waals surface area contributed by atoms with E-state index < -0.39 is 17.4 Å². The van der Waals surface area contributed by atoms with Crippen molar-refractivity contribution < 1.29 is 19.1 Å². The van der Waals surface area contributed by atoms with Crippen molar-refractivity contribution in [1.29, 1.82) is 0 Å². The van der Waals surface area contributed by atoms with Gasteiger partial charge in [0.05, 0.1) is 0 Å². The number of carbonyl (C=O) groups is 2. The topological polar surface area (TPSA) is 79.5 Å². The predicted octanol–water partition coefficient (Wildman–Crippen LogP) is 2.09. The van der Waals surface area contributed by atoms with Crippen LogP contribution in [0.25, 0.3) is 0 Å². The molecule has 2 heterocycles. The number of amides is 1. The average molecular weight is 297 g/mol. The fourth-order valence-corrected chi connectivity index (χ4v) is 3.67. The number of aliphatic carboxylic acids is 1. The largest absolute Gasteiger partial charge is 0.479 e. The summed E-state index contributed by atoms with van der Waals surface area (Å²) < 4.78 is 5.54. The van der Waals surface area contributed by atoms with Crippen molar-refractivity contribution in [2.75, 3.05) is 11.5 Å². The van der Waals surface area contributed by atoms with E-state index in [0.717, 1.165) is 29.9 Å². The molecule has 1 atom stereocenters. The van der Waals surface area contributed by atoms with Crippen LogP contribution in [0, 0.1) is 0 Å². The fourth-order valence-electron chi connectivity index (χ4n) is 2.34. The molecule has 1 unspecified atom stereocenters. The van der Waals surface area contributed by atoms with Crippen LogP contribution in [-0.2, 0) is 17.6 Å². The summed E-state index contributed by atoms with van der Waals surface area (Å²) in [6.07, 6.45) is 1.96. The second-order valence-electron chi connectivity index (χ2n) is 4.91.